The first-order valence-electron chi connectivity index (χ1n) is 18.6. The Bertz CT molecular complexity index is 1300. The summed E-state index contributed by atoms with van der Waals surface area (Å²) in [4.78, 5) is 59.9. The molecule has 266 valence electrons. The lowest BCUT2D eigenvalue weighted by Gasteiger charge is -2.60. The van der Waals surface area contributed by atoms with Gasteiger partial charge in [0.05, 0.1) is 35.8 Å². The molecular weight excluding hydrogens is 617 g/mol. The molecule has 4 heterocycles. The zero-order valence-corrected chi connectivity index (χ0v) is 28.8. The number of morpholine rings is 1. The van der Waals surface area contributed by atoms with Crippen molar-refractivity contribution in [3.8, 4) is 0 Å². The number of amides is 3. The molecule has 9 unspecified atom stereocenters. The predicted molar refractivity (Wildman–Crippen MR) is 175 cm³/mol. The standard InChI is InChI=1S/C36H54FN5O6/c1-36(2,3)48-35(46)38-23-10-15-41(19-23)34(45)25-20-42-27-16-21-8-4-5-9-22(21)17-28(27)47-33-30(26(37)18-24(31(33)42)32(25)44)39-29(43)11-14-40-12-6-7-13-40/h20-24,26-28,30-31,33H,4-19H2,1-3H3,(H,38,46)(H,39,43)/t21?,22?,23-,24?,26?,27?,28?,30?,31?,33?/m1/s1. The van der Waals surface area contributed by atoms with Crippen molar-refractivity contribution in [1.29, 1.82) is 0 Å². The molecule has 11 nitrogen and oxygen atoms in total. The topological polar surface area (TPSA) is 121 Å². The summed E-state index contributed by atoms with van der Waals surface area (Å²) in [6.45, 7) is 8.71. The molecule has 0 aromatic carbocycles. The maximum absolute atomic E-state index is 16.3. The zero-order valence-electron chi connectivity index (χ0n) is 28.8. The molecule has 3 saturated heterocycles. The zero-order chi connectivity index (χ0) is 33.7. The van der Waals surface area contributed by atoms with Crippen LogP contribution < -0.4 is 10.6 Å². The highest BCUT2D eigenvalue weighted by molar-refractivity contribution is 6.20. The Morgan fingerprint density at radius 1 is 0.979 bits per heavy atom. The summed E-state index contributed by atoms with van der Waals surface area (Å²) >= 11 is 0. The summed E-state index contributed by atoms with van der Waals surface area (Å²) in [7, 11) is 0. The Labute approximate surface area is 283 Å². The van der Waals surface area contributed by atoms with E-state index in [4.69, 9.17) is 9.47 Å². The van der Waals surface area contributed by atoms with Crippen LogP contribution in [0.15, 0.2) is 11.8 Å². The number of nitrogens with zero attached hydrogens (tertiary/aromatic N) is 3. The largest absolute Gasteiger partial charge is 0.444 e. The molecule has 4 aliphatic heterocycles. The van der Waals surface area contributed by atoms with E-state index in [0.717, 1.165) is 38.8 Å². The van der Waals surface area contributed by atoms with Crippen molar-refractivity contribution in [2.45, 2.75) is 140 Å². The second-order valence-corrected chi connectivity index (χ2v) is 16.5. The van der Waals surface area contributed by atoms with E-state index in [1.54, 1.807) is 31.9 Å². The van der Waals surface area contributed by atoms with Crippen molar-refractivity contribution in [3.05, 3.63) is 11.8 Å². The number of carbonyl (C=O) groups is 4. The average Bonchev–Trinajstić information content (AvgIpc) is 3.73. The van der Waals surface area contributed by atoms with E-state index in [9.17, 15) is 19.2 Å². The van der Waals surface area contributed by atoms with Crippen LogP contribution in [0.3, 0.4) is 0 Å². The Kier molecular flexibility index (Phi) is 9.51. The number of alkyl carbamates (subject to hydrolysis) is 1. The number of fused-ring (bicyclic) bond motifs is 3. The highest BCUT2D eigenvalue weighted by Crippen LogP contribution is 2.50. The molecule has 48 heavy (non-hydrogen) atoms. The third-order valence-electron chi connectivity index (χ3n) is 12.1. The summed E-state index contributed by atoms with van der Waals surface area (Å²) in [5, 5.41) is 5.87. The van der Waals surface area contributed by atoms with Gasteiger partial charge in [-0.3, -0.25) is 14.4 Å². The normalized spacial score (nSPS) is 38.0. The minimum absolute atomic E-state index is 0.00755. The first kappa shape index (κ1) is 33.8. The fourth-order valence-electron chi connectivity index (χ4n) is 9.84. The second-order valence-electron chi connectivity index (χ2n) is 16.5. The van der Waals surface area contributed by atoms with Gasteiger partial charge in [-0.1, -0.05) is 25.7 Å². The van der Waals surface area contributed by atoms with Crippen LogP contribution in [0.25, 0.3) is 0 Å². The number of ketones is 1. The van der Waals surface area contributed by atoms with Gasteiger partial charge in [-0.2, -0.15) is 0 Å². The van der Waals surface area contributed by atoms with Gasteiger partial charge < -0.3 is 34.8 Å². The molecule has 2 N–H and O–H groups in total. The molecule has 6 fully saturated rings. The van der Waals surface area contributed by atoms with Crippen LogP contribution in [0, 0.1) is 17.8 Å². The lowest BCUT2D eigenvalue weighted by Crippen LogP contribution is -2.73. The monoisotopic (exact) mass is 671 g/mol. The van der Waals surface area contributed by atoms with Gasteiger partial charge in [0, 0.05) is 38.2 Å². The number of ether oxygens (including phenoxy) is 2. The molecule has 0 aromatic rings. The Morgan fingerprint density at radius 2 is 1.71 bits per heavy atom. The van der Waals surface area contributed by atoms with E-state index in [0.29, 0.717) is 37.8 Å². The van der Waals surface area contributed by atoms with Gasteiger partial charge in [0.1, 0.15) is 17.9 Å². The molecule has 0 spiro atoms. The molecule has 7 aliphatic rings. The summed E-state index contributed by atoms with van der Waals surface area (Å²) in [5.74, 6) is -0.509. The van der Waals surface area contributed by atoms with E-state index in [2.05, 4.69) is 20.4 Å². The van der Waals surface area contributed by atoms with Crippen LogP contribution in [0.2, 0.25) is 0 Å². The maximum Gasteiger partial charge on any atom is 0.407 e. The molecule has 3 amide bonds. The molecule has 3 aliphatic carbocycles. The molecular formula is C36H54FN5O6. The molecule has 0 bridgehead atoms. The van der Waals surface area contributed by atoms with Gasteiger partial charge in [-0.05, 0) is 84.2 Å². The first-order valence-corrected chi connectivity index (χ1v) is 18.6. The number of hydrogen-bond acceptors (Lipinski definition) is 8. The highest BCUT2D eigenvalue weighted by Gasteiger charge is 2.60. The van der Waals surface area contributed by atoms with Crippen molar-refractivity contribution < 1.29 is 33.0 Å². The van der Waals surface area contributed by atoms with Gasteiger partial charge in [-0.25, -0.2) is 9.18 Å². The third kappa shape index (κ3) is 6.85. The van der Waals surface area contributed by atoms with Gasteiger partial charge >= 0.3 is 6.09 Å². The molecule has 0 aromatic heterocycles. The smallest absolute Gasteiger partial charge is 0.407 e. The van der Waals surface area contributed by atoms with Gasteiger partial charge in [0.15, 0.2) is 5.78 Å². The van der Waals surface area contributed by atoms with Crippen LogP contribution in [0.1, 0.15) is 91.4 Å². The lowest BCUT2D eigenvalue weighted by molar-refractivity contribution is -0.208. The number of rotatable bonds is 6. The fraction of sp³-hybridized carbons (Fsp3) is 0.833. The second kappa shape index (κ2) is 13.5. The highest BCUT2D eigenvalue weighted by atomic mass is 19.1. The Hall–Kier alpha value is -2.73. The van der Waals surface area contributed by atoms with Crippen molar-refractivity contribution in [1.82, 2.24) is 25.3 Å². The summed E-state index contributed by atoms with van der Waals surface area (Å²) in [6.07, 6.45) is 8.59. The molecule has 12 heteroatoms. The number of hydrogen-bond donors (Lipinski definition) is 2. The maximum atomic E-state index is 16.3. The summed E-state index contributed by atoms with van der Waals surface area (Å²) < 4.78 is 28.5. The van der Waals surface area contributed by atoms with Crippen LogP contribution in [0.4, 0.5) is 9.18 Å². The summed E-state index contributed by atoms with van der Waals surface area (Å²) in [5.41, 5.74) is -0.540. The fourth-order valence-corrected chi connectivity index (χ4v) is 9.84. The Balaban J connectivity index is 1.11. The minimum Gasteiger partial charge on any atom is -0.444 e. The molecule has 0 radical (unpaired) electrons. The number of likely N-dealkylation sites (tertiary alicyclic amines) is 2. The molecule has 10 atom stereocenters. The predicted octanol–water partition coefficient (Wildman–Crippen LogP) is 3.31. The van der Waals surface area contributed by atoms with E-state index in [1.807, 2.05) is 0 Å². The lowest BCUT2D eigenvalue weighted by atomic mass is 9.65. The van der Waals surface area contributed by atoms with Gasteiger partial charge in [0.2, 0.25) is 5.91 Å². The number of alkyl halides is 1. The van der Waals surface area contributed by atoms with Crippen molar-refractivity contribution >= 4 is 23.7 Å². The van der Waals surface area contributed by atoms with Gasteiger partial charge in [0.25, 0.3) is 5.91 Å². The third-order valence-corrected chi connectivity index (χ3v) is 12.1. The number of carbonyl (C=O) groups excluding carboxylic acids is 4. The van der Waals surface area contributed by atoms with Crippen molar-refractivity contribution in [3.63, 3.8) is 0 Å². The van der Waals surface area contributed by atoms with E-state index in [1.165, 1.54) is 25.7 Å². The molecule has 7 rings (SSSR count). The van der Waals surface area contributed by atoms with Crippen LogP contribution >= 0.6 is 0 Å². The SMILES string of the molecule is CC(C)(C)OC(=O)N[C@@H]1CCN(C(=O)C2=CN3C4CC5CCCCC5CC4OC4C(NC(=O)CCN5CCCC5)C(F)CC(C2=O)C43)C1. The van der Waals surface area contributed by atoms with Crippen LogP contribution in [-0.4, -0.2) is 119 Å². The van der Waals surface area contributed by atoms with Crippen LogP contribution in [-0.2, 0) is 23.9 Å². The first-order chi connectivity index (χ1) is 22.9. The summed E-state index contributed by atoms with van der Waals surface area (Å²) in [6, 6.07) is -1.57. The van der Waals surface area contributed by atoms with Crippen LogP contribution in [0.5, 0.6) is 0 Å². The molecule has 3 saturated carbocycles. The van der Waals surface area contributed by atoms with E-state index in [-0.39, 0.29) is 54.3 Å². The number of nitrogens with one attached hydrogen (secondary N) is 2. The van der Waals surface area contributed by atoms with E-state index >= 15 is 4.39 Å². The van der Waals surface area contributed by atoms with Gasteiger partial charge in [-0.15, -0.1) is 0 Å². The van der Waals surface area contributed by atoms with Crippen molar-refractivity contribution in [2.75, 3.05) is 32.7 Å². The number of halogens is 1. The van der Waals surface area contributed by atoms with Crippen molar-refractivity contribution in [2.24, 2.45) is 17.8 Å². The minimum atomic E-state index is -1.47. The average molecular weight is 672 g/mol. The quantitative estimate of drug-likeness (QED) is 0.413. The van der Waals surface area contributed by atoms with E-state index < -0.39 is 42.0 Å². The number of Topliss-reactive ketones (excluding diaryl/α,β-unsaturated/α-hetero) is 1. The Morgan fingerprint density at radius 3 is 2.44 bits per heavy atom.